The van der Waals surface area contributed by atoms with Crippen molar-refractivity contribution >= 4 is 27.4 Å². The van der Waals surface area contributed by atoms with Crippen LogP contribution in [0.15, 0.2) is 54.9 Å². The number of nitrogens with zero attached hydrogens (tertiary/aromatic N) is 5. The Kier molecular flexibility index (Phi) is 7.77. The van der Waals surface area contributed by atoms with Crippen LogP contribution in [0.3, 0.4) is 0 Å². The van der Waals surface area contributed by atoms with E-state index in [2.05, 4.69) is 47.1 Å². The summed E-state index contributed by atoms with van der Waals surface area (Å²) < 4.78 is 7.35. The number of piperidine rings is 1. The largest absolute Gasteiger partial charge is 0.457 e. The third-order valence-corrected chi connectivity index (χ3v) is 9.28. The summed E-state index contributed by atoms with van der Waals surface area (Å²) in [7, 11) is 4.33. The smallest absolute Gasteiger partial charge is 0.131 e. The number of pyridine rings is 2. The first-order valence-corrected chi connectivity index (χ1v) is 14.9. The van der Waals surface area contributed by atoms with Gasteiger partial charge < -0.3 is 19.6 Å². The fourth-order valence-corrected chi connectivity index (χ4v) is 6.95. The van der Waals surface area contributed by atoms with Gasteiger partial charge in [0.05, 0.1) is 27.0 Å². The van der Waals surface area contributed by atoms with Crippen molar-refractivity contribution in [3.63, 3.8) is 0 Å². The van der Waals surface area contributed by atoms with Gasteiger partial charge in [0.1, 0.15) is 17.3 Å². The minimum Gasteiger partial charge on any atom is -0.457 e. The summed E-state index contributed by atoms with van der Waals surface area (Å²) in [6.45, 7) is 2.07. The van der Waals surface area contributed by atoms with E-state index in [0.29, 0.717) is 12.0 Å². The summed E-state index contributed by atoms with van der Waals surface area (Å²) in [6.07, 6.45) is 11.0. The average molecular weight is 544 g/mol. The third kappa shape index (κ3) is 6.08. The van der Waals surface area contributed by atoms with Crippen molar-refractivity contribution in [2.24, 2.45) is 5.92 Å². The van der Waals surface area contributed by atoms with Crippen LogP contribution in [0.4, 0.5) is 5.82 Å². The van der Waals surface area contributed by atoms with Crippen LogP contribution < -0.4 is 9.64 Å². The number of thiazole rings is 1. The van der Waals surface area contributed by atoms with Gasteiger partial charge in [-0.3, -0.25) is 4.98 Å². The minimum atomic E-state index is -0.197. The number of rotatable bonds is 7. The molecule has 3 aromatic heterocycles. The van der Waals surface area contributed by atoms with Crippen LogP contribution in [0, 0.1) is 5.92 Å². The van der Waals surface area contributed by atoms with Crippen molar-refractivity contribution in [3.05, 3.63) is 59.9 Å². The summed E-state index contributed by atoms with van der Waals surface area (Å²) in [4.78, 5) is 18.8. The van der Waals surface area contributed by atoms with E-state index in [0.717, 1.165) is 95.4 Å². The Morgan fingerprint density at radius 2 is 1.79 bits per heavy atom. The van der Waals surface area contributed by atoms with Gasteiger partial charge in [-0.2, -0.15) is 0 Å². The first-order valence-electron chi connectivity index (χ1n) is 14.1. The first-order chi connectivity index (χ1) is 19.0. The Bertz CT molecular complexity index is 1400. The van der Waals surface area contributed by atoms with Crippen molar-refractivity contribution < 1.29 is 9.84 Å². The number of anilines is 1. The predicted molar refractivity (Wildman–Crippen MR) is 158 cm³/mol. The molecule has 2 aliphatic rings. The van der Waals surface area contributed by atoms with Gasteiger partial charge in [0.25, 0.3) is 0 Å². The molecule has 1 aliphatic heterocycles. The second-order valence-corrected chi connectivity index (χ2v) is 12.2. The quantitative estimate of drug-likeness (QED) is 0.299. The highest BCUT2D eigenvalue weighted by Crippen LogP contribution is 2.34. The van der Waals surface area contributed by atoms with Crippen molar-refractivity contribution in [3.8, 4) is 22.8 Å². The normalized spacial score (nSPS) is 20.6. The van der Waals surface area contributed by atoms with E-state index in [4.69, 9.17) is 14.7 Å². The van der Waals surface area contributed by atoms with E-state index < -0.39 is 0 Å². The summed E-state index contributed by atoms with van der Waals surface area (Å²) in [5, 5.41) is 11.5. The lowest BCUT2D eigenvalue weighted by Gasteiger charge is -2.35. The van der Waals surface area contributed by atoms with Crippen LogP contribution >= 0.6 is 11.3 Å². The SMILES string of the molecule is CN(C)C1CCN(c2ccc(-c3cc(Oc4ccc5nc(C[C@@H]6CCCC[C@H]6O)sc5c4)ccn3)cn2)CC1. The molecule has 2 fully saturated rings. The molecule has 4 aromatic rings. The van der Waals surface area contributed by atoms with E-state index in [1.165, 1.54) is 6.42 Å². The maximum Gasteiger partial charge on any atom is 0.131 e. The van der Waals surface area contributed by atoms with Crippen LogP contribution in [-0.4, -0.2) is 64.3 Å². The maximum absolute atomic E-state index is 10.4. The minimum absolute atomic E-state index is 0.197. The van der Waals surface area contributed by atoms with E-state index in [9.17, 15) is 5.11 Å². The zero-order valence-corrected chi connectivity index (χ0v) is 23.6. The Morgan fingerprint density at radius 1 is 0.974 bits per heavy atom. The topological polar surface area (TPSA) is 74.6 Å². The van der Waals surface area contributed by atoms with Gasteiger partial charge in [-0.15, -0.1) is 11.3 Å². The second-order valence-electron chi connectivity index (χ2n) is 11.1. The van der Waals surface area contributed by atoms with Crippen molar-refractivity contribution in [1.29, 1.82) is 0 Å². The molecular weight excluding hydrogens is 506 g/mol. The van der Waals surface area contributed by atoms with Crippen LogP contribution in [0.25, 0.3) is 21.5 Å². The number of aromatic nitrogens is 3. The van der Waals surface area contributed by atoms with E-state index in [1.54, 1.807) is 17.5 Å². The van der Waals surface area contributed by atoms with Gasteiger partial charge in [-0.05, 0) is 76.0 Å². The molecular formula is C31H37N5O2S. The molecule has 204 valence electrons. The molecule has 7 nitrogen and oxygen atoms in total. The lowest BCUT2D eigenvalue weighted by Crippen LogP contribution is -2.42. The fourth-order valence-electron chi connectivity index (χ4n) is 5.86. The Balaban J connectivity index is 1.12. The van der Waals surface area contributed by atoms with Gasteiger partial charge in [0.2, 0.25) is 0 Å². The van der Waals surface area contributed by atoms with Crippen LogP contribution in [0.1, 0.15) is 43.5 Å². The van der Waals surface area contributed by atoms with Gasteiger partial charge >= 0.3 is 0 Å². The zero-order chi connectivity index (χ0) is 26.8. The molecule has 1 saturated heterocycles. The van der Waals surface area contributed by atoms with Crippen molar-refractivity contribution in [1.82, 2.24) is 19.9 Å². The summed E-state index contributed by atoms with van der Waals surface area (Å²) >= 11 is 1.70. The van der Waals surface area contributed by atoms with Gasteiger partial charge in [-0.25, -0.2) is 9.97 Å². The molecule has 1 aromatic carbocycles. The molecule has 1 aliphatic carbocycles. The summed E-state index contributed by atoms with van der Waals surface area (Å²) in [5.41, 5.74) is 2.80. The van der Waals surface area contributed by atoms with Crippen LogP contribution in [0.5, 0.6) is 11.5 Å². The lowest BCUT2D eigenvalue weighted by molar-refractivity contribution is 0.0700. The monoisotopic (exact) mass is 543 g/mol. The molecule has 2 atom stereocenters. The van der Waals surface area contributed by atoms with Crippen LogP contribution in [0.2, 0.25) is 0 Å². The Hall–Kier alpha value is -3.07. The molecule has 39 heavy (non-hydrogen) atoms. The Morgan fingerprint density at radius 3 is 2.56 bits per heavy atom. The lowest BCUT2D eigenvalue weighted by atomic mass is 9.84. The first kappa shape index (κ1) is 26.2. The summed E-state index contributed by atoms with van der Waals surface area (Å²) in [6, 6.07) is 14.7. The van der Waals surface area contributed by atoms with Crippen LogP contribution in [-0.2, 0) is 6.42 Å². The van der Waals surface area contributed by atoms with Gasteiger partial charge in [0, 0.05) is 55.6 Å². The highest BCUT2D eigenvalue weighted by atomic mass is 32.1. The molecule has 4 heterocycles. The molecule has 8 heteroatoms. The average Bonchev–Trinajstić information content (AvgIpc) is 3.36. The number of ether oxygens (including phenoxy) is 1. The number of hydrogen-bond donors (Lipinski definition) is 1. The molecule has 1 saturated carbocycles. The zero-order valence-electron chi connectivity index (χ0n) is 22.8. The predicted octanol–water partition coefficient (Wildman–Crippen LogP) is 6.17. The number of aliphatic hydroxyl groups is 1. The molecule has 0 unspecified atom stereocenters. The molecule has 0 spiro atoms. The fraction of sp³-hybridized carbons (Fsp3) is 0.452. The van der Waals surface area contributed by atoms with Gasteiger partial charge in [0.15, 0.2) is 0 Å². The van der Waals surface area contributed by atoms with E-state index >= 15 is 0 Å². The second kappa shape index (κ2) is 11.6. The van der Waals surface area contributed by atoms with E-state index in [1.807, 2.05) is 30.5 Å². The van der Waals surface area contributed by atoms with Crippen molar-refractivity contribution in [2.75, 3.05) is 32.1 Å². The highest BCUT2D eigenvalue weighted by Gasteiger charge is 2.24. The number of hydrogen-bond acceptors (Lipinski definition) is 8. The number of aliphatic hydroxyl groups excluding tert-OH is 1. The molecule has 6 rings (SSSR count). The molecule has 0 radical (unpaired) electrons. The molecule has 0 bridgehead atoms. The van der Waals surface area contributed by atoms with Gasteiger partial charge in [-0.1, -0.05) is 12.8 Å². The molecule has 0 amide bonds. The highest BCUT2D eigenvalue weighted by molar-refractivity contribution is 7.18. The maximum atomic E-state index is 10.4. The Labute approximate surface area is 234 Å². The number of fused-ring (bicyclic) bond motifs is 1. The number of benzene rings is 1. The third-order valence-electron chi connectivity index (χ3n) is 8.24. The van der Waals surface area contributed by atoms with E-state index in [-0.39, 0.29) is 6.10 Å². The van der Waals surface area contributed by atoms with Crippen molar-refractivity contribution in [2.45, 2.75) is 57.1 Å². The summed E-state index contributed by atoms with van der Waals surface area (Å²) in [5.74, 6) is 2.87. The molecule has 1 N–H and O–H groups in total. The standard InChI is InChI=1S/C31H37N5O2S/c1-35(2)23-12-15-36(16-13-23)30-10-7-22(20-33-30)27-18-25(11-14-32-27)38-24-8-9-26-29(19-24)39-31(34-26)17-21-5-3-4-6-28(21)37/h7-11,14,18-21,23,28,37H,3-6,12-13,15-17H2,1-2H3/t21-,28+/m0/s1.